The van der Waals surface area contributed by atoms with Crippen LogP contribution in [0.4, 0.5) is 0 Å². The molecule has 25 heavy (non-hydrogen) atoms. The van der Waals surface area contributed by atoms with Crippen molar-refractivity contribution in [2.75, 3.05) is 13.7 Å². The summed E-state index contributed by atoms with van der Waals surface area (Å²) in [5.74, 6) is 0.320. The van der Waals surface area contributed by atoms with E-state index in [2.05, 4.69) is 10.3 Å². The van der Waals surface area contributed by atoms with Gasteiger partial charge < -0.3 is 9.47 Å². The summed E-state index contributed by atoms with van der Waals surface area (Å²) in [7, 11) is 1.63. The van der Waals surface area contributed by atoms with Gasteiger partial charge in [-0.25, -0.2) is 9.48 Å². The molecule has 0 unspecified atom stereocenters. The number of esters is 1. The van der Waals surface area contributed by atoms with Gasteiger partial charge in [0.05, 0.1) is 20.3 Å². The SMILES string of the molecule is CCOC(=O)c1nnn(Cc2ccc(OC)cc2)c1-c1ccccc1. The first-order chi connectivity index (χ1) is 12.2. The Morgan fingerprint density at radius 1 is 1.08 bits per heavy atom. The van der Waals surface area contributed by atoms with Crippen molar-refractivity contribution in [2.45, 2.75) is 13.5 Å². The zero-order valence-corrected chi connectivity index (χ0v) is 14.2. The molecule has 0 N–H and O–H groups in total. The van der Waals surface area contributed by atoms with E-state index in [1.165, 1.54) is 0 Å². The highest BCUT2D eigenvalue weighted by Crippen LogP contribution is 2.24. The highest BCUT2D eigenvalue weighted by atomic mass is 16.5. The minimum atomic E-state index is -0.470. The van der Waals surface area contributed by atoms with E-state index in [1.54, 1.807) is 18.7 Å². The summed E-state index contributed by atoms with van der Waals surface area (Å²) < 4.78 is 12.0. The van der Waals surface area contributed by atoms with Crippen molar-refractivity contribution in [3.8, 4) is 17.0 Å². The number of ether oxygens (including phenoxy) is 2. The second-order valence-electron chi connectivity index (χ2n) is 5.38. The third kappa shape index (κ3) is 3.68. The van der Waals surface area contributed by atoms with E-state index < -0.39 is 5.97 Å². The monoisotopic (exact) mass is 337 g/mol. The maximum Gasteiger partial charge on any atom is 0.361 e. The largest absolute Gasteiger partial charge is 0.497 e. The zero-order valence-electron chi connectivity index (χ0n) is 14.2. The molecule has 0 spiro atoms. The van der Waals surface area contributed by atoms with E-state index in [0.29, 0.717) is 18.8 Å². The molecular formula is C19H19N3O3. The van der Waals surface area contributed by atoms with Crippen LogP contribution in [-0.2, 0) is 11.3 Å². The summed E-state index contributed by atoms with van der Waals surface area (Å²) in [6.45, 7) is 2.54. The Balaban J connectivity index is 1.99. The van der Waals surface area contributed by atoms with Gasteiger partial charge in [-0.1, -0.05) is 47.7 Å². The summed E-state index contributed by atoms with van der Waals surface area (Å²) >= 11 is 0. The van der Waals surface area contributed by atoms with Gasteiger partial charge in [0.15, 0.2) is 5.69 Å². The number of carbonyl (C=O) groups excluding carboxylic acids is 1. The van der Waals surface area contributed by atoms with Crippen LogP contribution in [0.25, 0.3) is 11.3 Å². The van der Waals surface area contributed by atoms with Gasteiger partial charge in [-0.3, -0.25) is 0 Å². The molecule has 0 saturated carbocycles. The first-order valence-electron chi connectivity index (χ1n) is 8.02. The van der Waals surface area contributed by atoms with Crippen LogP contribution in [0.1, 0.15) is 23.0 Å². The summed E-state index contributed by atoms with van der Waals surface area (Å²) in [5.41, 5.74) is 2.76. The fourth-order valence-corrected chi connectivity index (χ4v) is 2.55. The number of carbonyl (C=O) groups is 1. The summed E-state index contributed by atoms with van der Waals surface area (Å²) in [6, 6.07) is 17.3. The highest BCUT2D eigenvalue weighted by molar-refractivity contribution is 5.94. The van der Waals surface area contributed by atoms with Crippen LogP contribution in [0.15, 0.2) is 54.6 Å². The van der Waals surface area contributed by atoms with Gasteiger partial charge in [-0.15, -0.1) is 5.10 Å². The Bertz CT molecular complexity index is 842. The number of nitrogens with zero attached hydrogens (tertiary/aromatic N) is 3. The fourth-order valence-electron chi connectivity index (χ4n) is 2.55. The van der Waals surface area contributed by atoms with Crippen LogP contribution in [-0.4, -0.2) is 34.7 Å². The quantitative estimate of drug-likeness (QED) is 0.646. The Morgan fingerprint density at radius 2 is 1.80 bits per heavy atom. The molecule has 0 aliphatic heterocycles. The van der Waals surface area contributed by atoms with Crippen molar-refractivity contribution >= 4 is 5.97 Å². The lowest BCUT2D eigenvalue weighted by Gasteiger charge is -2.09. The maximum absolute atomic E-state index is 12.2. The van der Waals surface area contributed by atoms with Gasteiger partial charge in [0, 0.05) is 5.56 Å². The standard InChI is InChI=1S/C19H19N3O3/c1-3-25-19(23)17-18(15-7-5-4-6-8-15)22(21-20-17)13-14-9-11-16(24-2)12-10-14/h4-12H,3,13H2,1-2H3. The molecular weight excluding hydrogens is 318 g/mol. The smallest absolute Gasteiger partial charge is 0.361 e. The third-order valence-electron chi connectivity index (χ3n) is 3.74. The van der Waals surface area contributed by atoms with Gasteiger partial charge in [0.25, 0.3) is 0 Å². The minimum Gasteiger partial charge on any atom is -0.497 e. The van der Waals surface area contributed by atoms with Crippen molar-refractivity contribution in [3.63, 3.8) is 0 Å². The lowest BCUT2D eigenvalue weighted by Crippen LogP contribution is -2.09. The third-order valence-corrected chi connectivity index (χ3v) is 3.74. The molecule has 1 heterocycles. The average molecular weight is 337 g/mol. The van der Waals surface area contributed by atoms with Crippen molar-refractivity contribution in [1.82, 2.24) is 15.0 Å². The van der Waals surface area contributed by atoms with E-state index in [9.17, 15) is 4.79 Å². The topological polar surface area (TPSA) is 66.2 Å². The normalized spacial score (nSPS) is 10.5. The van der Waals surface area contributed by atoms with Gasteiger partial charge >= 0.3 is 5.97 Å². The first-order valence-corrected chi connectivity index (χ1v) is 8.02. The van der Waals surface area contributed by atoms with Gasteiger partial charge in [-0.2, -0.15) is 0 Å². The van der Waals surface area contributed by atoms with Crippen molar-refractivity contribution in [3.05, 3.63) is 65.9 Å². The highest BCUT2D eigenvalue weighted by Gasteiger charge is 2.22. The molecule has 3 aromatic rings. The Morgan fingerprint density at radius 3 is 2.44 bits per heavy atom. The van der Waals surface area contributed by atoms with E-state index >= 15 is 0 Å². The molecule has 0 amide bonds. The van der Waals surface area contributed by atoms with Gasteiger partial charge in [0.1, 0.15) is 11.4 Å². The molecule has 6 nitrogen and oxygen atoms in total. The molecule has 1 aromatic heterocycles. The van der Waals surface area contributed by atoms with Crippen LogP contribution in [0.2, 0.25) is 0 Å². The molecule has 0 radical (unpaired) electrons. The number of aromatic nitrogens is 3. The average Bonchev–Trinajstić information content (AvgIpc) is 3.07. The molecule has 128 valence electrons. The van der Waals surface area contributed by atoms with Crippen LogP contribution in [0, 0.1) is 0 Å². The van der Waals surface area contributed by atoms with Crippen molar-refractivity contribution in [2.24, 2.45) is 0 Å². The molecule has 0 aliphatic rings. The van der Waals surface area contributed by atoms with Crippen LogP contribution in [0.3, 0.4) is 0 Å². The molecule has 6 heteroatoms. The molecule has 0 bridgehead atoms. The van der Waals surface area contributed by atoms with Crippen molar-refractivity contribution in [1.29, 1.82) is 0 Å². The molecule has 0 fully saturated rings. The van der Waals surface area contributed by atoms with Gasteiger partial charge in [0.2, 0.25) is 0 Å². The Kier molecular flexibility index (Phi) is 5.09. The minimum absolute atomic E-state index is 0.224. The van der Waals surface area contributed by atoms with Crippen LogP contribution < -0.4 is 4.74 Å². The second kappa shape index (κ2) is 7.61. The lowest BCUT2D eigenvalue weighted by molar-refractivity contribution is 0.0520. The predicted octanol–water partition coefficient (Wildman–Crippen LogP) is 3.18. The molecule has 2 aromatic carbocycles. The Labute approximate surface area is 146 Å². The summed E-state index contributed by atoms with van der Waals surface area (Å²) in [4.78, 5) is 12.2. The second-order valence-corrected chi connectivity index (χ2v) is 5.38. The fraction of sp³-hybridized carbons (Fsp3) is 0.211. The Hall–Kier alpha value is -3.15. The molecule has 3 rings (SSSR count). The van der Waals surface area contributed by atoms with E-state index in [4.69, 9.17) is 9.47 Å². The van der Waals surface area contributed by atoms with Crippen molar-refractivity contribution < 1.29 is 14.3 Å². The predicted molar refractivity (Wildman–Crippen MR) is 93.5 cm³/mol. The van der Waals surface area contributed by atoms with E-state index in [1.807, 2.05) is 54.6 Å². The van der Waals surface area contributed by atoms with Crippen LogP contribution in [0.5, 0.6) is 5.75 Å². The first kappa shape index (κ1) is 16.7. The van der Waals surface area contributed by atoms with E-state index in [0.717, 1.165) is 16.9 Å². The summed E-state index contributed by atoms with van der Waals surface area (Å²) in [5, 5.41) is 8.22. The maximum atomic E-state index is 12.2. The van der Waals surface area contributed by atoms with Gasteiger partial charge in [-0.05, 0) is 24.6 Å². The molecule has 0 aliphatic carbocycles. The number of hydrogen-bond acceptors (Lipinski definition) is 5. The zero-order chi connectivity index (χ0) is 17.6. The molecule has 0 saturated heterocycles. The number of hydrogen-bond donors (Lipinski definition) is 0. The van der Waals surface area contributed by atoms with Crippen LogP contribution >= 0.6 is 0 Å². The summed E-state index contributed by atoms with van der Waals surface area (Å²) in [6.07, 6.45) is 0. The number of methoxy groups -OCH3 is 1. The van der Waals surface area contributed by atoms with E-state index in [-0.39, 0.29) is 5.69 Å². The number of benzene rings is 2. The number of rotatable bonds is 6. The molecule has 0 atom stereocenters. The lowest BCUT2D eigenvalue weighted by atomic mass is 10.1.